The predicted molar refractivity (Wildman–Crippen MR) is 111 cm³/mol. The van der Waals surface area contributed by atoms with Crippen molar-refractivity contribution in [3.63, 3.8) is 0 Å². The number of benzene rings is 2. The Morgan fingerprint density at radius 2 is 1.71 bits per heavy atom. The highest BCUT2D eigenvalue weighted by molar-refractivity contribution is 7.89. The molecule has 0 bridgehead atoms. The molecule has 1 fully saturated rings. The lowest BCUT2D eigenvalue weighted by atomic mass is 10.0. The first-order valence-corrected chi connectivity index (χ1v) is 11.3. The van der Waals surface area contributed by atoms with Crippen LogP contribution in [0.15, 0.2) is 66.1 Å². The summed E-state index contributed by atoms with van der Waals surface area (Å²) in [6.07, 6.45) is 0.703. The molecule has 0 saturated carbocycles. The van der Waals surface area contributed by atoms with Gasteiger partial charge in [0, 0.05) is 30.3 Å². The molecule has 2 aromatic rings. The van der Waals surface area contributed by atoms with Gasteiger partial charge in [0.1, 0.15) is 6.61 Å². The van der Waals surface area contributed by atoms with Crippen molar-refractivity contribution in [2.75, 3.05) is 18.0 Å². The Bertz CT molecular complexity index is 1110. The molecule has 0 unspecified atom stereocenters. The zero-order valence-electron chi connectivity index (χ0n) is 16.7. The summed E-state index contributed by atoms with van der Waals surface area (Å²) in [4.78, 5) is 13.6. The summed E-state index contributed by atoms with van der Waals surface area (Å²) in [5.41, 5.74) is 1.05. The summed E-state index contributed by atoms with van der Waals surface area (Å²) < 4.78 is 61.3. The Balaban J connectivity index is 1.56. The third-order valence-corrected chi connectivity index (χ3v) is 7.66. The SMILES string of the molecule is C=CC(F)(F)c1ccccc1S(=O)(=O)N1CCC(N2C(=O)OCc3ccccc32)CC1. The maximum Gasteiger partial charge on any atom is 0.414 e. The second-order valence-corrected chi connectivity index (χ2v) is 9.42. The van der Waals surface area contributed by atoms with Crippen LogP contribution >= 0.6 is 0 Å². The number of alkyl halides is 2. The van der Waals surface area contributed by atoms with Gasteiger partial charge in [0.25, 0.3) is 5.92 Å². The number of carbonyl (C=O) groups is 1. The number of amides is 1. The summed E-state index contributed by atoms with van der Waals surface area (Å²) >= 11 is 0. The van der Waals surface area contributed by atoms with E-state index in [1.807, 2.05) is 24.3 Å². The van der Waals surface area contributed by atoms with Crippen molar-refractivity contribution in [2.24, 2.45) is 0 Å². The summed E-state index contributed by atoms with van der Waals surface area (Å²) in [5, 5.41) is 0. The van der Waals surface area contributed by atoms with Gasteiger partial charge >= 0.3 is 6.09 Å². The standard InChI is InChI=1S/C22H22F2N2O4S/c1-2-22(23,24)18-8-4-6-10-20(18)31(28,29)25-13-11-17(12-14-25)26-19-9-5-3-7-16(19)15-30-21(26)27/h2-10,17H,1,11-15H2. The first-order chi connectivity index (χ1) is 14.8. The number of fused-ring (bicyclic) bond motifs is 1. The van der Waals surface area contributed by atoms with E-state index >= 15 is 0 Å². The molecule has 4 rings (SSSR count). The molecule has 0 atom stereocenters. The van der Waals surface area contributed by atoms with Crippen LogP contribution in [-0.2, 0) is 27.3 Å². The topological polar surface area (TPSA) is 66.9 Å². The number of halogens is 2. The number of ether oxygens (including phenoxy) is 1. The van der Waals surface area contributed by atoms with E-state index in [0.29, 0.717) is 18.9 Å². The first-order valence-electron chi connectivity index (χ1n) is 9.90. The highest BCUT2D eigenvalue weighted by Crippen LogP contribution is 2.37. The minimum atomic E-state index is -4.14. The van der Waals surface area contributed by atoms with E-state index in [-0.39, 0.29) is 25.7 Å². The monoisotopic (exact) mass is 448 g/mol. The molecule has 2 aromatic carbocycles. The summed E-state index contributed by atoms with van der Waals surface area (Å²) in [6, 6.07) is 12.2. The van der Waals surface area contributed by atoms with Gasteiger partial charge in [0.05, 0.1) is 10.6 Å². The van der Waals surface area contributed by atoms with Gasteiger partial charge in [0.15, 0.2) is 0 Å². The van der Waals surface area contributed by atoms with Crippen LogP contribution in [0.25, 0.3) is 0 Å². The van der Waals surface area contributed by atoms with E-state index < -0.39 is 32.5 Å². The van der Waals surface area contributed by atoms with Gasteiger partial charge in [-0.2, -0.15) is 13.1 Å². The molecule has 2 heterocycles. The number of rotatable bonds is 5. The van der Waals surface area contributed by atoms with Gasteiger partial charge in [-0.25, -0.2) is 13.2 Å². The van der Waals surface area contributed by atoms with Crippen LogP contribution in [0.1, 0.15) is 24.0 Å². The molecule has 0 radical (unpaired) electrons. The zero-order valence-corrected chi connectivity index (χ0v) is 17.5. The fourth-order valence-corrected chi connectivity index (χ4v) is 5.78. The number of allylic oxidation sites excluding steroid dienone is 1. The predicted octanol–water partition coefficient (Wildman–Crippen LogP) is 4.27. The Labute approximate surface area is 179 Å². The maximum absolute atomic E-state index is 14.3. The largest absolute Gasteiger partial charge is 0.444 e. The molecule has 0 aliphatic carbocycles. The van der Waals surface area contributed by atoms with Crippen LogP contribution in [0, 0.1) is 0 Å². The van der Waals surface area contributed by atoms with Crippen molar-refractivity contribution < 1.29 is 26.7 Å². The van der Waals surface area contributed by atoms with Gasteiger partial charge in [-0.15, -0.1) is 0 Å². The van der Waals surface area contributed by atoms with Gasteiger partial charge in [-0.3, -0.25) is 4.90 Å². The number of piperidine rings is 1. The fourth-order valence-electron chi connectivity index (χ4n) is 4.08. The molecule has 6 nitrogen and oxygen atoms in total. The second kappa shape index (κ2) is 8.05. The van der Waals surface area contributed by atoms with Crippen molar-refractivity contribution in [1.82, 2.24) is 4.31 Å². The fraction of sp³-hybridized carbons (Fsp3) is 0.318. The van der Waals surface area contributed by atoms with Crippen LogP contribution in [0.3, 0.4) is 0 Å². The summed E-state index contributed by atoms with van der Waals surface area (Å²) in [6.45, 7) is 3.53. The van der Waals surface area contributed by atoms with E-state index in [1.54, 1.807) is 4.90 Å². The smallest absolute Gasteiger partial charge is 0.414 e. The Kier molecular flexibility index (Phi) is 5.57. The molecule has 0 aromatic heterocycles. The quantitative estimate of drug-likeness (QED) is 0.641. The van der Waals surface area contributed by atoms with Crippen molar-refractivity contribution in [2.45, 2.75) is 36.3 Å². The number of nitrogens with zero attached hydrogens (tertiary/aromatic N) is 2. The number of anilines is 1. The van der Waals surface area contributed by atoms with Crippen LogP contribution in [0.4, 0.5) is 19.3 Å². The lowest BCUT2D eigenvalue weighted by molar-refractivity contribution is 0.0492. The molecule has 9 heteroatoms. The maximum atomic E-state index is 14.3. The van der Waals surface area contributed by atoms with E-state index in [4.69, 9.17) is 4.74 Å². The number of hydrogen-bond donors (Lipinski definition) is 0. The average Bonchev–Trinajstić information content (AvgIpc) is 2.79. The highest BCUT2D eigenvalue weighted by Gasteiger charge is 2.40. The van der Waals surface area contributed by atoms with Crippen molar-refractivity contribution >= 4 is 21.8 Å². The van der Waals surface area contributed by atoms with E-state index in [1.165, 1.54) is 22.5 Å². The van der Waals surface area contributed by atoms with Gasteiger partial charge in [-0.1, -0.05) is 43.0 Å². The van der Waals surface area contributed by atoms with Crippen LogP contribution < -0.4 is 4.90 Å². The molecule has 1 saturated heterocycles. The second-order valence-electron chi connectivity index (χ2n) is 7.51. The van der Waals surface area contributed by atoms with Gasteiger partial charge in [-0.05, 0) is 31.1 Å². The van der Waals surface area contributed by atoms with Crippen molar-refractivity contribution in [3.8, 4) is 0 Å². The average molecular weight is 448 g/mol. The number of carbonyl (C=O) groups excluding carboxylic acids is 1. The molecule has 2 aliphatic heterocycles. The van der Waals surface area contributed by atoms with Gasteiger partial charge in [0.2, 0.25) is 10.0 Å². The molecular formula is C22H22F2N2O4S. The Morgan fingerprint density at radius 3 is 2.42 bits per heavy atom. The van der Waals surface area contributed by atoms with Crippen molar-refractivity contribution in [3.05, 3.63) is 72.3 Å². The molecule has 1 amide bonds. The summed E-state index contributed by atoms with van der Waals surface area (Å²) in [7, 11) is -4.14. The number of sulfonamides is 1. The van der Waals surface area contributed by atoms with Crippen LogP contribution in [0.2, 0.25) is 0 Å². The normalized spacial score (nSPS) is 18.4. The molecule has 0 N–H and O–H groups in total. The molecule has 31 heavy (non-hydrogen) atoms. The molecular weight excluding hydrogens is 426 g/mol. The van der Waals surface area contributed by atoms with E-state index in [0.717, 1.165) is 17.3 Å². The molecule has 0 spiro atoms. The highest BCUT2D eigenvalue weighted by atomic mass is 32.2. The minimum absolute atomic E-state index is 0.104. The third kappa shape index (κ3) is 3.83. The van der Waals surface area contributed by atoms with Crippen molar-refractivity contribution in [1.29, 1.82) is 0 Å². The number of cyclic esters (lactones) is 1. The number of para-hydroxylation sites is 1. The Hall–Kier alpha value is -2.78. The first kappa shape index (κ1) is 21.5. The lowest BCUT2D eigenvalue weighted by Gasteiger charge is -2.39. The molecule has 2 aliphatic rings. The van der Waals surface area contributed by atoms with Gasteiger partial charge < -0.3 is 4.74 Å². The lowest BCUT2D eigenvalue weighted by Crippen LogP contribution is -2.50. The zero-order chi connectivity index (χ0) is 22.2. The van der Waals surface area contributed by atoms with E-state index in [9.17, 15) is 22.0 Å². The van der Waals surface area contributed by atoms with Crippen LogP contribution in [-0.4, -0.2) is 37.9 Å². The summed E-state index contributed by atoms with van der Waals surface area (Å²) in [5.74, 6) is -3.47. The third-order valence-electron chi connectivity index (χ3n) is 5.71. The minimum Gasteiger partial charge on any atom is -0.444 e. The number of hydrogen-bond acceptors (Lipinski definition) is 4. The van der Waals surface area contributed by atoms with Crippen LogP contribution in [0.5, 0.6) is 0 Å². The van der Waals surface area contributed by atoms with E-state index in [2.05, 4.69) is 6.58 Å². The Morgan fingerprint density at radius 1 is 1.06 bits per heavy atom. The molecule has 164 valence electrons.